The minimum absolute atomic E-state index is 0.0399. The van der Waals surface area contributed by atoms with E-state index in [2.05, 4.69) is 5.32 Å². The molecule has 3 amide bonds. The maximum atomic E-state index is 12.5. The van der Waals surface area contributed by atoms with Gasteiger partial charge in [-0.1, -0.05) is 24.3 Å². The maximum absolute atomic E-state index is 12.5. The van der Waals surface area contributed by atoms with Crippen LogP contribution in [0.1, 0.15) is 17.5 Å². The zero-order valence-corrected chi connectivity index (χ0v) is 14.5. The van der Waals surface area contributed by atoms with Gasteiger partial charge in [-0.05, 0) is 24.5 Å². The number of nitrogens with one attached hydrogen (secondary N) is 1. The molecule has 6 nitrogen and oxygen atoms in total. The van der Waals surface area contributed by atoms with Crippen LogP contribution in [-0.2, 0) is 16.1 Å². The van der Waals surface area contributed by atoms with Crippen molar-refractivity contribution in [2.75, 3.05) is 27.2 Å². The molecule has 2 aliphatic rings. The Balaban J connectivity index is 1.58. The van der Waals surface area contributed by atoms with Gasteiger partial charge < -0.3 is 19.9 Å². The smallest absolute Gasteiger partial charge is 0.317 e. The fourth-order valence-corrected chi connectivity index (χ4v) is 3.51. The summed E-state index contributed by atoms with van der Waals surface area (Å²) in [5.74, 6) is -0.0520. The summed E-state index contributed by atoms with van der Waals surface area (Å²) in [7, 11) is 3.52. The summed E-state index contributed by atoms with van der Waals surface area (Å²) in [4.78, 5) is 28.1. The molecule has 2 fully saturated rings. The van der Waals surface area contributed by atoms with Gasteiger partial charge in [-0.2, -0.15) is 0 Å². The summed E-state index contributed by atoms with van der Waals surface area (Å²) in [5, 5.41) is 2.98. The molecule has 2 aliphatic heterocycles. The van der Waals surface area contributed by atoms with Crippen LogP contribution in [-0.4, -0.2) is 61.1 Å². The molecular weight excluding hydrogens is 306 g/mol. The van der Waals surface area contributed by atoms with E-state index < -0.39 is 0 Å². The van der Waals surface area contributed by atoms with Crippen LogP contribution >= 0.6 is 0 Å². The summed E-state index contributed by atoms with van der Waals surface area (Å²) in [6.45, 7) is 3.57. The van der Waals surface area contributed by atoms with E-state index in [4.69, 9.17) is 4.74 Å². The van der Waals surface area contributed by atoms with Crippen LogP contribution in [0.3, 0.4) is 0 Å². The van der Waals surface area contributed by atoms with Crippen molar-refractivity contribution in [1.29, 1.82) is 0 Å². The lowest BCUT2D eigenvalue weighted by Gasteiger charge is -2.33. The maximum Gasteiger partial charge on any atom is 0.317 e. The molecule has 2 saturated heterocycles. The number of ether oxygens (including phenoxy) is 1. The monoisotopic (exact) mass is 331 g/mol. The predicted octanol–water partition coefficient (Wildman–Crippen LogP) is 1.38. The molecule has 24 heavy (non-hydrogen) atoms. The Labute approximate surface area is 142 Å². The van der Waals surface area contributed by atoms with E-state index in [-0.39, 0.29) is 30.1 Å². The van der Waals surface area contributed by atoms with Crippen LogP contribution in [0.2, 0.25) is 0 Å². The van der Waals surface area contributed by atoms with Crippen LogP contribution in [0.4, 0.5) is 4.79 Å². The number of carbonyl (C=O) groups is 2. The number of likely N-dealkylation sites (tertiary alicyclic amines) is 1. The minimum atomic E-state index is -0.192. The van der Waals surface area contributed by atoms with E-state index in [1.54, 1.807) is 23.9 Å². The van der Waals surface area contributed by atoms with E-state index in [1.165, 1.54) is 0 Å². The van der Waals surface area contributed by atoms with Gasteiger partial charge in [0.1, 0.15) is 0 Å². The highest BCUT2D eigenvalue weighted by atomic mass is 16.5. The van der Waals surface area contributed by atoms with Crippen LogP contribution < -0.4 is 5.32 Å². The Bertz CT molecular complexity index is 632. The molecule has 0 aliphatic carbocycles. The molecule has 3 rings (SSSR count). The Morgan fingerprint density at radius 2 is 2.04 bits per heavy atom. The lowest BCUT2D eigenvalue weighted by molar-refractivity contribution is -0.135. The summed E-state index contributed by atoms with van der Waals surface area (Å²) in [6.07, 6.45) is 0.466. The molecule has 3 atom stereocenters. The number of nitrogens with zero attached hydrogens (tertiary/aromatic N) is 2. The third-order valence-corrected chi connectivity index (χ3v) is 4.89. The quantitative estimate of drug-likeness (QED) is 0.910. The standard InChI is InChI=1S/C18H25N3O3/c1-12-6-4-5-7-13(12)9-19-18(23)21-10-14-8-15(16(11-21)24-14)17(22)20(2)3/h4-7,14-16H,8-11H2,1-3H3,(H,19,23)/t14-,15+,16-/m1/s1. The summed E-state index contributed by atoms with van der Waals surface area (Å²) >= 11 is 0. The number of fused-ring (bicyclic) bond motifs is 2. The highest BCUT2D eigenvalue weighted by Gasteiger charge is 2.46. The molecule has 130 valence electrons. The summed E-state index contributed by atoms with van der Waals surface area (Å²) in [6, 6.07) is 7.93. The van der Waals surface area contributed by atoms with Gasteiger partial charge in [0.15, 0.2) is 0 Å². The van der Waals surface area contributed by atoms with Gasteiger partial charge in [-0.25, -0.2) is 4.79 Å². The molecule has 0 unspecified atom stereocenters. The Kier molecular flexibility index (Phi) is 4.76. The van der Waals surface area contributed by atoms with E-state index in [9.17, 15) is 9.59 Å². The third-order valence-electron chi connectivity index (χ3n) is 4.89. The average molecular weight is 331 g/mol. The Hall–Kier alpha value is -2.08. The van der Waals surface area contributed by atoms with Gasteiger partial charge in [-0.3, -0.25) is 4.79 Å². The second-order valence-corrected chi connectivity index (χ2v) is 6.86. The van der Waals surface area contributed by atoms with Gasteiger partial charge in [0, 0.05) is 33.7 Å². The second-order valence-electron chi connectivity index (χ2n) is 6.86. The van der Waals surface area contributed by atoms with E-state index >= 15 is 0 Å². The molecule has 1 aromatic carbocycles. The van der Waals surface area contributed by atoms with Crippen molar-refractivity contribution < 1.29 is 14.3 Å². The van der Waals surface area contributed by atoms with Gasteiger partial charge >= 0.3 is 6.03 Å². The molecule has 1 N–H and O–H groups in total. The first-order chi connectivity index (χ1) is 11.5. The number of hydrogen-bond donors (Lipinski definition) is 1. The molecular formula is C18H25N3O3. The van der Waals surface area contributed by atoms with Crippen molar-refractivity contribution in [3.8, 4) is 0 Å². The van der Waals surface area contributed by atoms with Crippen molar-refractivity contribution in [3.05, 3.63) is 35.4 Å². The second kappa shape index (κ2) is 6.81. The minimum Gasteiger partial charge on any atom is -0.370 e. The number of rotatable bonds is 3. The number of morpholine rings is 1. The zero-order chi connectivity index (χ0) is 17.3. The van der Waals surface area contributed by atoms with Crippen LogP contribution in [0.15, 0.2) is 24.3 Å². The molecule has 1 aromatic rings. The average Bonchev–Trinajstić information content (AvgIpc) is 2.86. The normalized spacial score (nSPS) is 25.5. The first-order valence-corrected chi connectivity index (χ1v) is 8.39. The predicted molar refractivity (Wildman–Crippen MR) is 90.4 cm³/mol. The lowest BCUT2D eigenvalue weighted by atomic mass is 9.99. The number of carbonyl (C=O) groups excluding carboxylic acids is 2. The molecule has 2 bridgehead atoms. The first kappa shape index (κ1) is 16.8. The van der Waals surface area contributed by atoms with E-state index in [1.807, 2.05) is 31.2 Å². The summed E-state index contributed by atoms with van der Waals surface area (Å²) < 4.78 is 5.87. The lowest BCUT2D eigenvalue weighted by Crippen LogP contribution is -2.51. The number of benzene rings is 1. The zero-order valence-electron chi connectivity index (χ0n) is 14.5. The fraction of sp³-hybridized carbons (Fsp3) is 0.556. The van der Waals surface area contributed by atoms with Crippen LogP contribution in [0, 0.1) is 12.8 Å². The SMILES string of the molecule is Cc1ccccc1CNC(=O)N1C[C@H]2C[C@H](C(=O)N(C)C)[C@@H](C1)O2. The Morgan fingerprint density at radius 1 is 1.29 bits per heavy atom. The Morgan fingerprint density at radius 3 is 2.75 bits per heavy atom. The highest BCUT2D eigenvalue weighted by molar-refractivity contribution is 5.80. The molecule has 0 radical (unpaired) electrons. The third kappa shape index (κ3) is 3.38. The topological polar surface area (TPSA) is 61.9 Å². The molecule has 0 spiro atoms. The molecule has 0 saturated carbocycles. The number of amides is 3. The van der Waals surface area contributed by atoms with Crippen LogP contribution in [0.25, 0.3) is 0 Å². The molecule has 2 heterocycles. The summed E-state index contributed by atoms with van der Waals surface area (Å²) in [5.41, 5.74) is 2.28. The van der Waals surface area contributed by atoms with Crippen LogP contribution in [0.5, 0.6) is 0 Å². The van der Waals surface area contributed by atoms with Gasteiger partial charge in [0.25, 0.3) is 0 Å². The number of urea groups is 1. The van der Waals surface area contributed by atoms with E-state index in [0.717, 1.165) is 11.1 Å². The van der Waals surface area contributed by atoms with E-state index in [0.29, 0.717) is 26.1 Å². The van der Waals surface area contributed by atoms with Gasteiger partial charge in [0.05, 0.1) is 18.1 Å². The first-order valence-electron chi connectivity index (χ1n) is 8.39. The number of aryl methyl sites for hydroxylation is 1. The van der Waals surface area contributed by atoms with Crippen molar-refractivity contribution in [2.45, 2.75) is 32.1 Å². The van der Waals surface area contributed by atoms with Gasteiger partial charge in [0.2, 0.25) is 5.91 Å². The van der Waals surface area contributed by atoms with Crippen molar-refractivity contribution >= 4 is 11.9 Å². The number of hydrogen-bond acceptors (Lipinski definition) is 3. The molecule has 6 heteroatoms. The van der Waals surface area contributed by atoms with Crippen molar-refractivity contribution in [1.82, 2.24) is 15.1 Å². The fourth-order valence-electron chi connectivity index (χ4n) is 3.51. The van der Waals surface area contributed by atoms with Crippen molar-refractivity contribution in [2.24, 2.45) is 5.92 Å². The van der Waals surface area contributed by atoms with Crippen molar-refractivity contribution in [3.63, 3.8) is 0 Å². The highest BCUT2D eigenvalue weighted by Crippen LogP contribution is 2.32. The van der Waals surface area contributed by atoms with Gasteiger partial charge in [-0.15, -0.1) is 0 Å². The molecule has 0 aromatic heterocycles. The largest absolute Gasteiger partial charge is 0.370 e.